The highest BCUT2D eigenvalue weighted by molar-refractivity contribution is 9.10. The van der Waals surface area contributed by atoms with Crippen molar-refractivity contribution >= 4 is 45.2 Å². The van der Waals surface area contributed by atoms with Gasteiger partial charge in [0.15, 0.2) is 6.61 Å². The van der Waals surface area contributed by atoms with Crippen molar-refractivity contribution in [2.75, 3.05) is 23.8 Å². The van der Waals surface area contributed by atoms with Crippen LogP contribution >= 0.6 is 15.9 Å². The molecule has 0 radical (unpaired) electrons. The Morgan fingerprint density at radius 2 is 1.89 bits per heavy atom. The summed E-state index contributed by atoms with van der Waals surface area (Å²) in [4.78, 5) is 39.8. The number of ether oxygens (including phenoxy) is 1. The largest absolute Gasteiger partial charge is 0.452 e. The van der Waals surface area contributed by atoms with Gasteiger partial charge in [-0.15, -0.1) is 0 Å². The lowest BCUT2D eigenvalue weighted by Crippen LogP contribution is -2.35. The summed E-state index contributed by atoms with van der Waals surface area (Å²) in [5, 5.41) is 8.27. The standard InChI is InChI=1S/C19H19BrN4O4/c20-14-3-1-2-4-15(14)24-17(25)10-22-18(26)11-28-19(27)12-5-8-16(21-9-12)23-13-6-7-13/h1-5,8-9,13H,6-7,10-11H2,(H,21,23)(H,22,26)(H,24,25). The zero-order valence-electron chi connectivity index (χ0n) is 14.9. The van der Waals surface area contributed by atoms with Gasteiger partial charge in [-0.1, -0.05) is 12.1 Å². The molecule has 0 unspecified atom stereocenters. The van der Waals surface area contributed by atoms with E-state index in [1.807, 2.05) is 6.07 Å². The highest BCUT2D eigenvalue weighted by atomic mass is 79.9. The van der Waals surface area contributed by atoms with E-state index in [2.05, 4.69) is 36.9 Å². The van der Waals surface area contributed by atoms with Crippen molar-refractivity contribution < 1.29 is 19.1 Å². The van der Waals surface area contributed by atoms with Crippen molar-refractivity contribution in [3.05, 3.63) is 52.6 Å². The monoisotopic (exact) mass is 446 g/mol. The molecule has 0 bridgehead atoms. The molecule has 1 aromatic heterocycles. The van der Waals surface area contributed by atoms with E-state index >= 15 is 0 Å². The average molecular weight is 447 g/mol. The zero-order valence-corrected chi connectivity index (χ0v) is 16.5. The number of hydrogen-bond acceptors (Lipinski definition) is 6. The Morgan fingerprint density at radius 3 is 2.57 bits per heavy atom. The van der Waals surface area contributed by atoms with Crippen molar-refractivity contribution in [3.8, 4) is 0 Å². The Morgan fingerprint density at radius 1 is 1.11 bits per heavy atom. The Kier molecular flexibility index (Phi) is 6.59. The smallest absolute Gasteiger partial charge is 0.340 e. The van der Waals surface area contributed by atoms with Gasteiger partial charge in [0.2, 0.25) is 5.91 Å². The molecular weight excluding hydrogens is 428 g/mol. The minimum atomic E-state index is -0.654. The molecule has 1 aromatic carbocycles. The number of para-hydroxylation sites is 1. The van der Waals surface area contributed by atoms with Crippen LogP contribution in [0.1, 0.15) is 23.2 Å². The number of nitrogens with zero attached hydrogens (tertiary/aromatic N) is 1. The van der Waals surface area contributed by atoms with Crippen LogP contribution in [-0.4, -0.2) is 42.0 Å². The molecule has 1 aliphatic rings. The molecule has 28 heavy (non-hydrogen) atoms. The molecule has 9 heteroatoms. The first-order valence-corrected chi connectivity index (χ1v) is 9.51. The molecule has 0 atom stereocenters. The first-order valence-electron chi connectivity index (χ1n) is 8.72. The van der Waals surface area contributed by atoms with Crippen molar-refractivity contribution in [1.29, 1.82) is 0 Å². The van der Waals surface area contributed by atoms with E-state index in [0.717, 1.165) is 17.3 Å². The fourth-order valence-electron chi connectivity index (χ4n) is 2.24. The van der Waals surface area contributed by atoms with E-state index < -0.39 is 24.4 Å². The van der Waals surface area contributed by atoms with Crippen LogP contribution in [0.2, 0.25) is 0 Å². The number of halogens is 1. The lowest BCUT2D eigenvalue weighted by atomic mass is 10.3. The maximum Gasteiger partial charge on any atom is 0.340 e. The normalized spacial score (nSPS) is 12.8. The highest BCUT2D eigenvalue weighted by Gasteiger charge is 2.21. The van der Waals surface area contributed by atoms with Gasteiger partial charge in [-0.2, -0.15) is 0 Å². The van der Waals surface area contributed by atoms with E-state index in [1.165, 1.54) is 6.20 Å². The van der Waals surface area contributed by atoms with Crippen LogP contribution in [-0.2, 0) is 14.3 Å². The number of carbonyl (C=O) groups is 3. The summed E-state index contributed by atoms with van der Waals surface area (Å²) in [7, 11) is 0. The Balaban J connectivity index is 1.38. The molecular formula is C19H19BrN4O4. The molecule has 1 saturated carbocycles. The summed E-state index contributed by atoms with van der Waals surface area (Å²) < 4.78 is 5.67. The van der Waals surface area contributed by atoms with Gasteiger partial charge < -0.3 is 20.7 Å². The zero-order chi connectivity index (χ0) is 19.9. The molecule has 3 N–H and O–H groups in total. The number of anilines is 2. The first-order chi connectivity index (χ1) is 13.5. The topological polar surface area (TPSA) is 109 Å². The molecule has 146 valence electrons. The second kappa shape index (κ2) is 9.32. The summed E-state index contributed by atoms with van der Waals surface area (Å²) >= 11 is 3.32. The second-order valence-electron chi connectivity index (χ2n) is 6.23. The quantitative estimate of drug-likeness (QED) is 0.536. The molecule has 3 rings (SSSR count). The minimum absolute atomic E-state index is 0.235. The van der Waals surface area contributed by atoms with Crippen molar-refractivity contribution in [3.63, 3.8) is 0 Å². The highest BCUT2D eigenvalue weighted by Crippen LogP contribution is 2.23. The Hall–Kier alpha value is -2.94. The summed E-state index contributed by atoms with van der Waals surface area (Å²) in [5.74, 6) is -0.920. The minimum Gasteiger partial charge on any atom is -0.452 e. The maximum atomic E-state index is 12.0. The first kappa shape index (κ1) is 19.8. The lowest BCUT2D eigenvalue weighted by Gasteiger charge is -2.09. The van der Waals surface area contributed by atoms with E-state index in [9.17, 15) is 14.4 Å². The number of hydrogen-bond donors (Lipinski definition) is 3. The van der Waals surface area contributed by atoms with Crippen molar-refractivity contribution in [2.45, 2.75) is 18.9 Å². The van der Waals surface area contributed by atoms with E-state index in [4.69, 9.17) is 4.74 Å². The van der Waals surface area contributed by atoms with E-state index in [-0.39, 0.29) is 12.1 Å². The predicted molar refractivity (Wildman–Crippen MR) is 107 cm³/mol. The van der Waals surface area contributed by atoms with Gasteiger partial charge in [-0.3, -0.25) is 9.59 Å². The average Bonchev–Trinajstić information content (AvgIpc) is 3.51. The summed E-state index contributed by atoms with van der Waals surface area (Å²) in [6.45, 7) is -0.718. The van der Waals surface area contributed by atoms with Crippen LogP contribution in [0.15, 0.2) is 47.1 Å². The third-order valence-corrected chi connectivity index (χ3v) is 4.55. The molecule has 2 aromatic rings. The maximum absolute atomic E-state index is 12.0. The van der Waals surface area contributed by atoms with Crippen LogP contribution in [0.25, 0.3) is 0 Å². The second-order valence-corrected chi connectivity index (χ2v) is 7.09. The van der Waals surface area contributed by atoms with Gasteiger partial charge >= 0.3 is 5.97 Å². The molecule has 0 saturated heterocycles. The van der Waals surface area contributed by atoms with Gasteiger partial charge in [0.25, 0.3) is 5.91 Å². The summed E-state index contributed by atoms with van der Waals surface area (Å²) in [6.07, 6.45) is 3.65. The predicted octanol–water partition coefficient (Wildman–Crippen LogP) is 2.33. The molecule has 2 amide bonds. The number of carbonyl (C=O) groups excluding carboxylic acids is 3. The van der Waals surface area contributed by atoms with Crippen LogP contribution in [0.4, 0.5) is 11.5 Å². The summed E-state index contributed by atoms with van der Waals surface area (Å²) in [6, 6.07) is 10.9. The number of pyridine rings is 1. The molecule has 8 nitrogen and oxygen atoms in total. The SMILES string of the molecule is O=C(COC(=O)c1ccc(NC2CC2)nc1)NCC(=O)Nc1ccccc1Br. The molecule has 1 heterocycles. The van der Waals surface area contributed by atoms with Crippen LogP contribution < -0.4 is 16.0 Å². The van der Waals surface area contributed by atoms with Crippen LogP contribution in [0.3, 0.4) is 0 Å². The Labute approximate surface area is 170 Å². The number of rotatable bonds is 8. The third-order valence-electron chi connectivity index (χ3n) is 3.86. The number of benzene rings is 1. The number of esters is 1. The van der Waals surface area contributed by atoms with Gasteiger partial charge in [0, 0.05) is 16.7 Å². The molecule has 0 spiro atoms. The Bertz CT molecular complexity index is 868. The fourth-order valence-corrected chi connectivity index (χ4v) is 2.62. The van der Waals surface area contributed by atoms with Gasteiger partial charge in [-0.25, -0.2) is 9.78 Å². The van der Waals surface area contributed by atoms with Crippen LogP contribution in [0.5, 0.6) is 0 Å². The van der Waals surface area contributed by atoms with Crippen molar-refractivity contribution in [1.82, 2.24) is 10.3 Å². The number of amides is 2. The van der Waals surface area contributed by atoms with E-state index in [0.29, 0.717) is 17.5 Å². The number of nitrogens with one attached hydrogen (secondary N) is 3. The van der Waals surface area contributed by atoms with Gasteiger partial charge in [0.05, 0.1) is 17.8 Å². The lowest BCUT2D eigenvalue weighted by molar-refractivity contribution is -0.126. The van der Waals surface area contributed by atoms with Gasteiger partial charge in [0.1, 0.15) is 5.82 Å². The fraction of sp³-hybridized carbons (Fsp3) is 0.263. The van der Waals surface area contributed by atoms with Crippen LogP contribution in [0, 0.1) is 0 Å². The number of aromatic nitrogens is 1. The summed E-state index contributed by atoms with van der Waals surface area (Å²) in [5.41, 5.74) is 0.848. The van der Waals surface area contributed by atoms with Crippen molar-refractivity contribution in [2.24, 2.45) is 0 Å². The molecule has 0 aliphatic heterocycles. The van der Waals surface area contributed by atoms with Gasteiger partial charge in [-0.05, 0) is 53.0 Å². The molecule has 1 fully saturated rings. The van der Waals surface area contributed by atoms with E-state index in [1.54, 1.807) is 30.3 Å². The third kappa shape index (κ3) is 6.05. The molecule has 1 aliphatic carbocycles.